The standard InChI is InChI=1S/C17H20N2O3/c20-16(9-3-1-2-4-10-17(21)19-22)15-12-11-13-7-5-6-8-14(13)18-15/h5-8,11-12,22H,1-4,9-10H2,(H,19,21). The third-order valence-corrected chi connectivity index (χ3v) is 3.57. The number of carbonyl (C=O) groups is 2. The molecule has 0 saturated heterocycles. The molecule has 0 aliphatic carbocycles. The summed E-state index contributed by atoms with van der Waals surface area (Å²) >= 11 is 0. The van der Waals surface area contributed by atoms with Gasteiger partial charge in [-0.3, -0.25) is 14.8 Å². The van der Waals surface area contributed by atoms with Crippen molar-refractivity contribution in [2.24, 2.45) is 0 Å². The van der Waals surface area contributed by atoms with Crippen molar-refractivity contribution in [3.05, 3.63) is 42.1 Å². The highest BCUT2D eigenvalue weighted by molar-refractivity contribution is 5.96. The SMILES string of the molecule is O=C(CCCCCCC(=O)c1ccc2ccccc2n1)NO. The van der Waals surface area contributed by atoms with Crippen molar-refractivity contribution in [2.45, 2.75) is 38.5 Å². The minimum atomic E-state index is -0.364. The smallest absolute Gasteiger partial charge is 0.243 e. The first-order valence-corrected chi connectivity index (χ1v) is 7.52. The number of para-hydroxylation sites is 1. The molecule has 0 aliphatic rings. The van der Waals surface area contributed by atoms with Crippen LogP contribution in [0, 0.1) is 0 Å². The van der Waals surface area contributed by atoms with Crippen LogP contribution < -0.4 is 5.48 Å². The van der Waals surface area contributed by atoms with E-state index in [0.29, 0.717) is 18.5 Å². The van der Waals surface area contributed by atoms with E-state index in [1.807, 2.05) is 30.3 Å². The van der Waals surface area contributed by atoms with Crippen LogP contribution in [0.3, 0.4) is 0 Å². The maximum Gasteiger partial charge on any atom is 0.243 e. The predicted molar refractivity (Wildman–Crippen MR) is 83.7 cm³/mol. The molecule has 1 amide bonds. The number of carbonyl (C=O) groups excluding carboxylic acids is 2. The second-order valence-corrected chi connectivity index (χ2v) is 5.26. The van der Waals surface area contributed by atoms with Crippen molar-refractivity contribution < 1.29 is 14.8 Å². The molecule has 0 atom stereocenters. The lowest BCUT2D eigenvalue weighted by Crippen LogP contribution is -2.17. The highest BCUT2D eigenvalue weighted by Crippen LogP contribution is 2.14. The second kappa shape index (κ2) is 8.24. The molecule has 0 radical (unpaired) electrons. The van der Waals surface area contributed by atoms with Crippen LogP contribution in [0.5, 0.6) is 0 Å². The Kier molecular flexibility index (Phi) is 6.03. The molecule has 0 spiro atoms. The van der Waals surface area contributed by atoms with Gasteiger partial charge < -0.3 is 0 Å². The van der Waals surface area contributed by atoms with Crippen LogP contribution in [0.25, 0.3) is 10.9 Å². The van der Waals surface area contributed by atoms with Gasteiger partial charge in [-0.2, -0.15) is 0 Å². The molecule has 0 unspecified atom stereocenters. The lowest BCUT2D eigenvalue weighted by Gasteiger charge is -2.03. The number of benzene rings is 1. The van der Waals surface area contributed by atoms with E-state index in [9.17, 15) is 9.59 Å². The van der Waals surface area contributed by atoms with Crippen molar-refractivity contribution in [3.63, 3.8) is 0 Å². The summed E-state index contributed by atoms with van der Waals surface area (Å²) in [7, 11) is 0. The van der Waals surface area contributed by atoms with Gasteiger partial charge in [0.25, 0.3) is 0 Å². The number of hydroxylamine groups is 1. The lowest BCUT2D eigenvalue weighted by molar-refractivity contribution is -0.129. The summed E-state index contributed by atoms with van der Waals surface area (Å²) in [6.07, 6.45) is 4.04. The van der Waals surface area contributed by atoms with Gasteiger partial charge in [0.2, 0.25) is 5.91 Å². The fraction of sp³-hybridized carbons (Fsp3) is 0.353. The predicted octanol–water partition coefficient (Wildman–Crippen LogP) is 3.26. The highest BCUT2D eigenvalue weighted by atomic mass is 16.5. The molecule has 5 heteroatoms. The first-order chi connectivity index (χ1) is 10.7. The molecule has 0 bridgehead atoms. The van der Waals surface area contributed by atoms with Gasteiger partial charge in [-0.05, 0) is 25.0 Å². The molecule has 1 aromatic carbocycles. The number of aromatic nitrogens is 1. The number of Topliss-reactive ketones (excluding diaryl/α,β-unsaturated/α-hetero) is 1. The maximum absolute atomic E-state index is 12.1. The Morgan fingerprint density at radius 3 is 2.45 bits per heavy atom. The molecular formula is C17H20N2O3. The zero-order chi connectivity index (χ0) is 15.8. The molecule has 2 aromatic rings. The van der Waals surface area contributed by atoms with Gasteiger partial charge in [0.15, 0.2) is 5.78 Å². The van der Waals surface area contributed by atoms with Crippen LogP contribution >= 0.6 is 0 Å². The molecule has 2 rings (SSSR count). The quantitative estimate of drug-likeness (QED) is 0.339. The minimum absolute atomic E-state index is 0.0545. The Labute approximate surface area is 129 Å². The molecule has 0 aliphatic heterocycles. The molecule has 116 valence electrons. The van der Waals surface area contributed by atoms with E-state index < -0.39 is 0 Å². The average Bonchev–Trinajstić information content (AvgIpc) is 2.56. The lowest BCUT2D eigenvalue weighted by atomic mass is 10.1. The van der Waals surface area contributed by atoms with E-state index in [0.717, 1.165) is 36.6 Å². The maximum atomic E-state index is 12.1. The molecule has 22 heavy (non-hydrogen) atoms. The van der Waals surface area contributed by atoms with Crippen molar-refractivity contribution in [1.82, 2.24) is 10.5 Å². The number of rotatable bonds is 8. The number of hydrogen-bond acceptors (Lipinski definition) is 4. The molecular weight excluding hydrogens is 280 g/mol. The van der Waals surface area contributed by atoms with Crippen LogP contribution in [0.2, 0.25) is 0 Å². The number of fused-ring (bicyclic) bond motifs is 1. The van der Waals surface area contributed by atoms with Crippen molar-refractivity contribution in [3.8, 4) is 0 Å². The number of nitrogens with one attached hydrogen (secondary N) is 1. The third-order valence-electron chi connectivity index (χ3n) is 3.57. The largest absolute Gasteiger partial charge is 0.292 e. The van der Waals surface area contributed by atoms with Gasteiger partial charge in [-0.1, -0.05) is 37.1 Å². The van der Waals surface area contributed by atoms with Gasteiger partial charge >= 0.3 is 0 Å². The molecule has 1 heterocycles. The van der Waals surface area contributed by atoms with E-state index in [1.165, 1.54) is 0 Å². The topological polar surface area (TPSA) is 79.3 Å². The van der Waals surface area contributed by atoms with Crippen molar-refractivity contribution in [2.75, 3.05) is 0 Å². The Morgan fingerprint density at radius 1 is 0.955 bits per heavy atom. The normalized spacial score (nSPS) is 10.6. The number of pyridine rings is 1. The first-order valence-electron chi connectivity index (χ1n) is 7.52. The zero-order valence-electron chi connectivity index (χ0n) is 12.4. The Balaban J connectivity index is 1.75. The number of amides is 1. The first kappa shape index (κ1) is 16.1. The number of ketones is 1. The summed E-state index contributed by atoms with van der Waals surface area (Å²) in [6, 6.07) is 11.4. The average molecular weight is 300 g/mol. The van der Waals surface area contributed by atoms with Crippen LogP contribution in [-0.4, -0.2) is 21.9 Å². The van der Waals surface area contributed by atoms with E-state index >= 15 is 0 Å². The molecule has 5 nitrogen and oxygen atoms in total. The van der Waals surface area contributed by atoms with Crippen LogP contribution in [-0.2, 0) is 4.79 Å². The van der Waals surface area contributed by atoms with Gasteiger partial charge in [-0.15, -0.1) is 0 Å². The Morgan fingerprint density at radius 2 is 1.68 bits per heavy atom. The molecule has 0 fully saturated rings. The van der Waals surface area contributed by atoms with Crippen LogP contribution in [0.15, 0.2) is 36.4 Å². The summed E-state index contributed by atoms with van der Waals surface area (Å²) in [5, 5.41) is 9.39. The Hall–Kier alpha value is -2.27. The highest BCUT2D eigenvalue weighted by Gasteiger charge is 2.08. The van der Waals surface area contributed by atoms with E-state index in [1.54, 1.807) is 11.5 Å². The van der Waals surface area contributed by atoms with Crippen molar-refractivity contribution in [1.29, 1.82) is 0 Å². The van der Waals surface area contributed by atoms with E-state index in [4.69, 9.17) is 5.21 Å². The Bertz CT molecular complexity index is 655. The fourth-order valence-corrected chi connectivity index (χ4v) is 2.33. The molecule has 0 saturated carbocycles. The third kappa shape index (κ3) is 4.63. The fourth-order valence-electron chi connectivity index (χ4n) is 2.33. The zero-order valence-corrected chi connectivity index (χ0v) is 12.4. The van der Waals surface area contributed by atoms with Crippen LogP contribution in [0.1, 0.15) is 49.0 Å². The molecule has 1 aromatic heterocycles. The monoisotopic (exact) mass is 300 g/mol. The summed E-state index contributed by atoms with van der Waals surface area (Å²) in [5.74, 6) is -0.310. The van der Waals surface area contributed by atoms with Crippen molar-refractivity contribution >= 4 is 22.6 Å². The van der Waals surface area contributed by atoms with Gasteiger partial charge in [0.1, 0.15) is 5.69 Å². The molecule has 2 N–H and O–H groups in total. The summed E-state index contributed by atoms with van der Waals surface area (Å²) in [4.78, 5) is 27.3. The van der Waals surface area contributed by atoms with Crippen LogP contribution in [0.4, 0.5) is 0 Å². The van der Waals surface area contributed by atoms with Gasteiger partial charge in [-0.25, -0.2) is 10.5 Å². The second-order valence-electron chi connectivity index (χ2n) is 5.26. The minimum Gasteiger partial charge on any atom is -0.292 e. The number of unbranched alkanes of at least 4 members (excludes halogenated alkanes) is 3. The van der Waals surface area contributed by atoms with E-state index in [-0.39, 0.29) is 11.7 Å². The van der Waals surface area contributed by atoms with E-state index in [2.05, 4.69) is 4.98 Å². The summed E-state index contributed by atoms with van der Waals surface area (Å²) in [6.45, 7) is 0. The number of hydrogen-bond donors (Lipinski definition) is 2. The summed E-state index contributed by atoms with van der Waals surface area (Å²) in [5.41, 5.74) is 2.96. The number of nitrogens with zero attached hydrogens (tertiary/aromatic N) is 1. The summed E-state index contributed by atoms with van der Waals surface area (Å²) < 4.78 is 0. The van der Waals surface area contributed by atoms with Gasteiger partial charge in [0.05, 0.1) is 5.52 Å². The van der Waals surface area contributed by atoms with Gasteiger partial charge in [0, 0.05) is 18.2 Å².